The van der Waals surface area contributed by atoms with Crippen molar-refractivity contribution in [2.75, 3.05) is 0 Å². The van der Waals surface area contributed by atoms with Crippen molar-refractivity contribution in [3.8, 4) is 0 Å². The van der Waals surface area contributed by atoms with Gasteiger partial charge in [-0.15, -0.1) is 0 Å². The molecule has 0 heterocycles. The monoisotopic (exact) mass is 322 g/mol. The first-order chi connectivity index (χ1) is 10.7. The maximum atomic E-state index is 12.8. The lowest BCUT2D eigenvalue weighted by molar-refractivity contribution is -0.155. The fourth-order valence-corrected chi connectivity index (χ4v) is 6.13. The van der Waals surface area contributed by atoms with Crippen molar-refractivity contribution in [3.05, 3.63) is 0 Å². The van der Waals surface area contributed by atoms with Gasteiger partial charge < -0.3 is 10.2 Å². The van der Waals surface area contributed by atoms with Gasteiger partial charge in [0.25, 0.3) is 0 Å². The molecular weight excluding hydrogens is 292 g/mol. The van der Waals surface area contributed by atoms with Crippen LogP contribution in [0, 0.1) is 34.5 Å². The third-order valence-electron chi connectivity index (χ3n) is 7.58. The number of ketones is 2. The Hall–Kier alpha value is -0.740. The van der Waals surface area contributed by atoms with Gasteiger partial charge in [-0.05, 0) is 55.8 Å². The number of aliphatic hydroxyl groups is 2. The molecule has 0 saturated heterocycles. The molecule has 4 nitrogen and oxygen atoms in total. The Labute approximate surface area is 138 Å². The van der Waals surface area contributed by atoms with Crippen LogP contribution in [0.1, 0.15) is 65.7 Å². The smallest absolute Gasteiger partial charge is 0.151 e. The molecule has 0 aliphatic heterocycles. The highest BCUT2D eigenvalue weighted by molar-refractivity contribution is 5.88. The Kier molecular flexibility index (Phi) is 4.21. The summed E-state index contributed by atoms with van der Waals surface area (Å²) >= 11 is 0. The second-order valence-corrected chi connectivity index (χ2v) is 8.75. The van der Waals surface area contributed by atoms with E-state index in [1.54, 1.807) is 0 Å². The Balaban J connectivity index is 1.92. The predicted octanol–water partition coefficient (Wildman–Crippen LogP) is 2.70. The van der Waals surface area contributed by atoms with E-state index in [0.717, 1.165) is 19.3 Å². The minimum Gasteiger partial charge on any atom is -0.368 e. The summed E-state index contributed by atoms with van der Waals surface area (Å²) in [7, 11) is 0. The van der Waals surface area contributed by atoms with Crippen molar-refractivity contribution in [2.45, 2.75) is 72.0 Å². The molecule has 3 saturated carbocycles. The molecule has 0 radical (unpaired) electrons. The van der Waals surface area contributed by atoms with Gasteiger partial charge in [0.05, 0.1) is 0 Å². The van der Waals surface area contributed by atoms with Crippen LogP contribution in [0.5, 0.6) is 0 Å². The minimum absolute atomic E-state index is 0.187. The maximum Gasteiger partial charge on any atom is 0.151 e. The van der Waals surface area contributed by atoms with Gasteiger partial charge in [0.15, 0.2) is 6.29 Å². The molecule has 6 atom stereocenters. The van der Waals surface area contributed by atoms with Crippen molar-refractivity contribution >= 4 is 11.6 Å². The Morgan fingerprint density at radius 3 is 2.48 bits per heavy atom. The van der Waals surface area contributed by atoms with Gasteiger partial charge in [0.1, 0.15) is 11.6 Å². The fraction of sp³-hybridized carbons (Fsp3) is 0.895. The highest BCUT2D eigenvalue weighted by Gasteiger charge is 2.61. The molecule has 0 aromatic heterocycles. The third kappa shape index (κ3) is 2.49. The summed E-state index contributed by atoms with van der Waals surface area (Å²) in [5.74, 6) is 2.11. The molecule has 4 unspecified atom stereocenters. The normalized spacial score (nSPS) is 46.9. The van der Waals surface area contributed by atoms with Gasteiger partial charge in [0, 0.05) is 23.7 Å². The number of carbonyl (C=O) groups excluding carboxylic acids is 2. The lowest BCUT2D eigenvalue weighted by Crippen LogP contribution is -2.55. The Bertz CT molecular complexity index is 513. The predicted molar refractivity (Wildman–Crippen MR) is 86.4 cm³/mol. The van der Waals surface area contributed by atoms with Crippen LogP contribution >= 0.6 is 0 Å². The molecule has 0 amide bonds. The average Bonchev–Trinajstić information content (AvgIpc) is 2.78. The van der Waals surface area contributed by atoms with E-state index in [2.05, 4.69) is 13.8 Å². The zero-order valence-corrected chi connectivity index (χ0v) is 14.5. The number of hydrogen-bond acceptors (Lipinski definition) is 4. The molecular formula is C19H30O4. The van der Waals surface area contributed by atoms with Gasteiger partial charge in [-0.1, -0.05) is 20.8 Å². The molecule has 130 valence electrons. The molecule has 2 N–H and O–H groups in total. The van der Waals surface area contributed by atoms with E-state index in [1.807, 2.05) is 6.92 Å². The van der Waals surface area contributed by atoms with Crippen molar-refractivity contribution in [2.24, 2.45) is 34.5 Å². The molecule has 3 fully saturated rings. The molecule has 23 heavy (non-hydrogen) atoms. The molecule has 3 aliphatic carbocycles. The quantitative estimate of drug-likeness (QED) is 0.784. The van der Waals surface area contributed by atoms with Crippen molar-refractivity contribution in [1.82, 2.24) is 0 Å². The number of fused-ring (bicyclic) bond motifs is 3. The largest absolute Gasteiger partial charge is 0.368 e. The van der Waals surface area contributed by atoms with E-state index >= 15 is 0 Å². The Morgan fingerprint density at radius 1 is 1.13 bits per heavy atom. The maximum absolute atomic E-state index is 12.8. The summed E-state index contributed by atoms with van der Waals surface area (Å²) in [4.78, 5) is 25.2. The summed E-state index contributed by atoms with van der Waals surface area (Å²) in [6.07, 6.45) is 3.46. The second kappa shape index (κ2) is 5.66. The van der Waals surface area contributed by atoms with Crippen LogP contribution in [0.4, 0.5) is 0 Å². The van der Waals surface area contributed by atoms with Gasteiger partial charge in [0.2, 0.25) is 0 Å². The first-order valence-corrected chi connectivity index (χ1v) is 9.13. The van der Waals surface area contributed by atoms with Crippen LogP contribution in [0.25, 0.3) is 0 Å². The topological polar surface area (TPSA) is 74.6 Å². The van der Waals surface area contributed by atoms with E-state index in [4.69, 9.17) is 0 Å². The zero-order chi connectivity index (χ0) is 17.0. The van der Waals surface area contributed by atoms with Gasteiger partial charge in [-0.25, -0.2) is 0 Å². The average molecular weight is 322 g/mol. The van der Waals surface area contributed by atoms with Crippen LogP contribution in [-0.2, 0) is 9.59 Å². The number of carbonyl (C=O) groups is 2. The van der Waals surface area contributed by atoms with E-state index in [1.165, 1.54) is 0 Å². The van der Waals surface area contributed by atoms with Gasteiger partial charge >= 0.3 is 0 Å². The first kappa shape index (κ1) is 17.1. The summed E-state index contributed by atoms with van der Waals surface area (Å²) in [6, 6.07) is 0. The van der Waals surface area contributed by atoms with E-state index in [-0.39, 0.29) is 23.5 Å². The number of aliphatic hydroxyl groups excluding tert-OH is 1. The van der Waals surface area contributed by atoms with Crippen molar-refractivity contribution in [1.29, 1.82) is 0 Å². The van der Waals surface area contributed by atoms with E-state index in [0.29, 0.717) is 42.8 Å². The summed E-state index contributed by atoms with van der Waals surface area (Å²) < 4.78 is 0. The minimum atomic E-state index is -1.35. The van der Waals surface area contributed by atoms with E-state index < -0.39 is 11.7 Å². The first-order valence-electron chi connectivity index (χ1n) is 9.13. The lowest BCUT2D eigenvalue weighted by Gasteiger charge is -2.56. The van der Waals surface area contributed by atoms with Gasteiger partial charge in [-0.2, -0.15) is 0 Å². The van der Waals surface area contributed by atoms with Gasteiger partial charge in [-0.3, -0.25) is 9.59 Å². The van der Waals surface area contributed by atoms with Crippen LogP contribution in [0.2, 0.25) is 0 Å². The Morgan fingerprint density at radius 2 is 1.83 bits per heavy atom. The molecule has 0 bridgehead atoms. The summed E-state index contributed by atoms with van der Waals surface area (Å²) in [5.41, 5.74) is -0.652. The third-order valence-corrected chi connectivity index (χ3v) is 7.58. The summed E-state index contributed by atoms with van der Waals surface area (Å²) in [5, 5.41) is 18.5. The number of Topliss-reactive ketones (excluding diaryl/α,β-unsaturated/α-hetero) is 2. The highest BCUT2D eigenvalue weighted by atomic mass is 16.5. The van der Waals surface area contributed by atoms with Crippen LogP contribution in [0.3, 0.4) is 0 Å². The summed E-state index contributed by atoms with van der Waals surface area (Å²) in [6.45, 7) is 6.34. The highest BCUT2D eigenvalue weighted by Crippen LogP contribution is 2.63. The SMILES string of the molecule is CC1CC(=O)[C@](C)(CCC(O)O)C2CC[C@]3(C)C(=O)CCC3C12. The molecule has 0 spiro atoms. The fourth-order valence-electron chi connectivity index (χ4n) is 6.13. The van der Waals surface area contributed by atoms with Crippen LogP contribution in [0.15, 0.2) is 0 Å². The molecule has 4 heteroatoms. The molecule has 3 rings (SSSR count). The van der Waals surface area contributed by atoms with E-state index in [9.17, 15) is 19.8 Å². The van der Waals surface area contributed by atoms with Crippen LogP contribution < -0.4 is 0 Å². The molecule has 0 aromatic carbocycles. The standard InChI is InChI=1S/C19H30O4/c1-11-10-15(21)19(3,9-7-16(22)23)13-6-8-18(2)12(17(11)13)4-5-14(18)20/h11-13,16-17,22-23H,4-10H2,1-3H3/t11?,12?,13?,17?,18-,19+/m0/s1. The van der Waals surface area contributed by atoms with Crippen molar-refractivity contribution in [3.63, 3.8) is 0 Å². The molecule has 3 aliphatic rings. The number of hydrogen-bond donors (Lipinski definition) is 2. The number of rotatable bonds is 3. The van der Waals surface area contributed by atoms with Crippen LogP contribution in [-0.4, -0.2) is 28.1 Å². The second-order valence-electron chi connectivity index (χ2n) is 8.75. The lowest BCUT2D eigenvalue weighted by atomic mass is 9.47. The zero-order valence-electron chi connectivity index (χ0n) is 14.5. The molecule has 0 aromatic rings. The van der Waals surface area contributed by atoms with Crippen molar-refractivity contribution < 1.29 is 19.8 Å².